The molecule has 0 aliphatic rings. The van der Waals surface area contributed by atoms with Crippen molar-refractivity contribution in [3.8, 4) is 5.69 Å². The number of hydrogen-bond acceptors (Lipinski definition) is 3. The SMILES string of the molecule is Cc1nn(-c2ccc(F)cc2)c(Cl)c1C(=O)N(C)Cc1cccnc1. The largest absolute Gasteiger partial charge is 0.337 e. The van der Waals surface area contributed by atoms with Crippen LogP contribution >= 0.6 is 11.6 Å². The van der Waals surface area contributed by atoms with Crippen LogP contribution in [0.15, 0.2) is 48.8 Å². The standard InChI is InChI=1S/C18H16ClFN4O/c1-12-16(18(25)23(2)11-13-4-3-9-21-10-13)17(19)24(22-12)15-7-5-14(20)6-8-15/h3-10H,11H2,1-2H3. The predicted octanol–water partition coefficient (Wildman–Crippen LogP) is 3.64. The van der Waals surface area contributed by atoms with Crippen molar-refractivity contribution in [2.45, 2.75) is 13.5 Å². The third kappa shape index (κ3) is 3.53. The second-order valence-electron chi connectivity index (χ2n) is 5.66. The number of aromatic nitrogens is 3. The topological polar surface area (TPSA) is 51.0 Å². The average molecular weight is 359 g/mol. The van der Waals surface area contributed by atoms with Crippen LogP contribution in [0.2, 0.25) is 5.15 Å². The smallest absolute Gasteiger partial charge is 0.258 e. The fourth-order valence-electron chi connectivity index (χ4n) is 2.52. The summed E-state index contributed by atoms with van der Waals surface area (Å²) >= 11 is 6.39. The Balaban J connectivity index is 1.89. The molecule has 1 amide bonds. The number of aryl methyl sites for hydroxylation is 1. The predicted molar refractivity (Wildman–Crippen MR) is 93.3 cm³/mol. The molecule has 25 heavy (non-hydrogen) atoms. The first kappa shape index (κ1) is 17.1. The van der Waals surface area contributed by atoms with Gasteiger partial charge in [0.25, 0.3) is 5.91 Å². The van der Waals surface area contributed by atoms with Crippen molar-refractivity contribution in [3.63, 3.8) is 0 Å². The van der Waals surface area contributed by atoms with Gasteiger partial charge in [-0.25, -0.2) is 9.07 Å². The highest BCUT2D eigenvalue weighted by Crippen LogP contribution is 2.25. The van der Waals surface area contributed by atoms with E-state index in [2.05, 4.69) is 10.1 Å². The number of carbonyl (C=O) groups is 1. The molecular formula is C18H16ClFN4O. The number of nitrogens with zero attached hydrogens (tertiary/aromatic N) is 4. The van der Waals surface area contributed by atoms with E-state index in [1.807, 2.05) is 12.1 Å². The maximum absolute atomic E-state index is 13.1. The summed E-state index contributed by atoms with van der Waals surface area (Å²) in [6, 6.07) is 9.46. The zero-order valence-corrected chi connectivity index (χ0v) is 14.5. The highest BCUT2D eigenvalue weighted by Gasteiger charge is 2.24. The maximum Gasteiger partial charge on any atom is 0.258 e. The van der Waals surface area contributed by atoms with Crippen LogP contribution in [0.4, 0.5) is 4.39 Å². The van der Waals surface area contributed by atoms with Crippen LogP contribution < -0.4 is 0 Å². The molecule has 0 saturated carbocycles. The molecule has 0 bridgehead atoms. The monoisotopic (exact) mass is 358 g/mol. The summed E-state index contributed by atoms with van der Waals surface area (Å²) in [6.45, 7) is 2.13. The summed E-state index contributed by atoms with van der Waals surface area (Å²) in [5.74, 6) is -0.587. The average Bonchev–Trinajstić information content (AvgIpc) is 2.90. The molecule has 2 aromatic heterocycles. The lowest BCUT2D eigenvalue weighted by atomic mass is 10.2. The molecule has 0 aliphatic heterocycles. The van der Waals surface area contributed by atoms with E-state index in [4.69, 9.17) is 11.6 Å². The normalized spacial score (nSPS) is 10.7. The Kier molecular flexibility index (Phi) is 4.81. The van der Waals surface area contributed by atoms with Crippen LogP contribution in [0, 0.1) is 12.7 Å². The van der Waals surface area contributed by atoms with Crippen molar-refractivity contribution in [3.05, 3.63) is 76.6 Å². The van der Waals surface area contributed by atoms with Gasteiger partial charge < -0.3 is 4.90 Å². The molecular weight excluding hydrogens is 343 g/mol. The number of hydrogen-bond donors (Lipinski definition) is 0. The van der Waals surface area contributed by atoms with Gasteiger partial charge in [-0.05, 0) is 42.8 Å². The van der Waals surface area contributed by atoms with Gasteiger partial charge in [-0.1, -0.05) is 17.7 Å². The minimum atomic E-state index is -0.351. The maximum atomic E-state index is 13.1. The fourth-order valence-corrected chi connectivity index (χ4v) is 2.88. The van der Waals surface area contributed by atoms with Crippen LogP contribution in [-0.4, -0.2) is 32.6 Å². The molecule has 0 saturated heterocycles. The number of pyridine rings is 1. The summed E-state index contributed by atoms with van der Waals surface area (Å²) in [5.41, 5.74) is 2.34. The lowest BCUT2D eigenvalue weighted by Gasteiger charge is -2.17. The van der Waals surface area contributed by atoms with E-state index in [9.17, 15) is 9.18 Å². The van der Waals surface area contributed by atoms with E-state index in [1.54, 1.807) is 43.4 Å². The summed E-state index contributed by atoms with van der Waals surface area (Å²) in [5, 5.41) is 4.52. The lowest BCUT2D eigenvalue weighted by Crippen LogP contribution is -2.26. The minimum Gasteiger partial charge on any atom is -0.337 e. The van der Waals surface area contributed by atoms with Gasteiger partial charge in [-0.15, -0.1) is 0 Å². The molecule has 0 spiro atoms. The molecule has 0 fully saturated rings. The van der Waals surface area contributed by atoms with Gasteiger partial charge in [0.1, 0.15) is 11.0 Å². The van der Waals surface area contributed by atoms with Crippen molar-refractivity contribution in [1.29, 1.82) is 0 Å². The number of carbonyl (C=O) groups excluding carboxylic acids is 1. The third-order valence-corrected chi connectivity index (χ3v) is 4.13. The van der Waals surface area contributed by atoms with Gasteiger partial charge in [-0.2, -0.15) is 5.10 Å². The molecule has 128 valence electrons. The molecule has 5 nitrogen and oxygen atoms in total. The summed E-state index contributed by atoms with van der Waals surface area (Å²) in [7, 11) is 1.69. The summed E-state index contributed by atoms with van der Waals surface area (Å²) < 4.78 is 14.5. The second kappa shape index (κ2) is 7.03. The molecule has 0 N–H and O–H groups in total. The number of amides is 1. The van der Waals surface area contributed by atoms with E-state index in [1.165, 1.54) is 16.8 Å². The Morgan fingerprint density at radius 3 is 2.64 bits per heavy atom. The van der Waals surface area contributed by atoms with Gasteiger partial charge >= 0.3 is 0 Å². The van der Waals surface area contributed by atoms with Gasteiger partial charge in [0, 0.05) is 26.0 Å². The molecule has 0 aliphatic carbocycles. The van der Waals surface area contributed by atoms with E-state index in [0.29, 0.717) is 23.5 Å². The highest BCUT2D eigenvalue weighted by atomic mass is 35.5. The molecule has 1 aromatic carbocycles. The molecule has 0 radical (unpaired) electrons. The minimum absolute atomic E-state index is 0.201. The van der Waals surface area contributed by atoms with Crippen LogP contribution in [0.5, 0.6) is 0 Å². The van der Waals surface area contributed by atoms with Crippen LogP contribution in [-0.2, 0) is 6.54 Å². The molecule has 0 unspecified atom stereocenters. The summed E-state index contributed by atoms with van der Waals surface area (Å²) in [6.07, 6.45) is 3.39. The van der Waals surface area contributed by atoms with Crippen molar-refractivity contribution >= 4 is 17.5 Å². The molecule has 3 rings (SSSR count). The number of rotatable bonds is 4. The Hall–Kier alpha value is -2.73. The first-order valence-corrected chi connectivity index (χ1v) is 8.00. The Labute approximate surface area is 149 Å². The second-order valence-corrected chi connectivity index (χ2v) is 6.02. The van der Waals surface area contributed by atoms with Gasteiger partial charge in [0.15, 0.2) is 0 Å². The molecule has 0 atom stereocenters. The Morgan fingerprint density at radius 2 is 2.00 bits per heavy atom. The lowest BCUT2D eigenvalue weighted by molar-refractivity contribution is 0.0784. The summed E-state index contributed by atoms with van der Waals surface area (Å²) in [4.78, 5) is 18.4. The van der Waals surface area contributed by atoms with Crippen molar-refractivity contribution in [2.75, 3.05) is 7.05 Å². The molecule has 7 heteroatoms. The van der Waals surface area contributed by atoms with E-state index in [0.717, 1.165) is 5.56 Å². The first-order valence-electron chi connectivity index (χ1n) is 7.63. The van der Waals surface area contributed by atoms with E-state index in [-0.39, 0.29) is 16.9 Å². The Bertz CT molecular complexity index is 893. The van der Waals surface area contributed by atoms with Gasteiger partial charge in [-0.3, -0.25) is 9.78 Å². The quantitative estimate of drug-likeness (QED) is 0.715. The molecule has 2 heterocycles. The van der Waals surface area contributed by atoms with Gasteiger partial charge in [0.2, 0.25) is 0 Å². The fraction of sp³-hybridized carbons (Fsp3) is 0.167. The van der Waals surface area contributed by atoms with Crippen LogP contribution in [0.1, 0.15) is 21.6 Å². The van der Waals surface area contributed by atoms with Crippen molar-refractivity contribution in [2.24, 2.45) is 0 Å². The van der Waals surface area contributed by atoms with Crippen molar-refractivity contribution < 1.29 is 9.18 Å². The van der Waals surface area contributed by atoms with E-state index >= 15 is 0 Å². The van der Waals surface area contributed by atoms with Crippen molar-refractivity contribution in [1.82, 2.24) is 19.7 Å². The van der Waals surface area contributed by atoms with Gasteiger partial charge in [0.05, 0.1) is 16.9 Å². The number of benzene rings is 1. The first-order chi connectivity index (χ1) is 12.0. The Morgan fingerprint density at radius 1 is 1.28 bits per heavy atom. The number of halogens is 2. The molecule has 3 aromatic rings. The van der Waals surface area contributed by atoms with E-state index < -0.39 is 0 Å². The third-order valence-electron chi connectivity index (χ3n) is 3.78. The van der Waals surface area contributed by atoms with Crippen LogP contribution in [0.25, 0.3) is 5.69 Å². The zero-order valence-electron chi connectivity index (χ0n) is 13.8. The zero-order chi connectivity index (χ0) is 18.0. The highest BCUT2D eigenvalue weighted by molar-refractivity contribution is 6.33. The van der Waals surface area contributed by atoms with Crippen LogP contribution in [0.3, 0.4) is 0 Å².